The van der Waals surface area contributed by atoms with E-state index in [0.717, 1.165) is 76.5 Å². The van der Waals surface area contributed by atoms with Crippen molar-refractivity contribution in [2.75, 3.05) is 62.7 Å². The van der Waals surface area contributed by atoms with Crippen LogP contribution in [0.3, 0.4) is 0 Å². The van der Waals surface area contributed by atoms with Crippen LogP contribution in [0.1, 0.15) is 42.1 Å². The van der Waals surface area contributed by atoms with E-state index in [1.165, 1.54) is 6.08 Å². The van der Waals surface area contributed by atoms with Crippen LogP contribution in [0.5, 0.6) is 0 Å². The van der Waals surface area contributed by atoms with Gasteiger partial charge in [-0.25, -0.2) is 0 Å². The highest BCUT2D eigenvalue weighted by atomic mass is 16.5. The number of nitrogens with one attached hydrogen (secondary N) is 2. The fourth-order valence-corrected chi connectivity index (χ4v) is 4.67. The zero-order valence-electron chi connectivity index (χ0n) is 21.2. The van der Waals surface area contributed by atoms with Crippen molar-refractivity contribution >= 4 is 29.3 Å². The molecule has 0 bridgehead atoms. The number of ether oxygens (including phenoxy) is 1. The fraction of sp³-hybridized carbons (Fsp3) is 0.448. The minimum absolute atomic E-state index is 0.0958. The molecular weight excluding hydrogens is 452 g/mol. The molecular formula is C29H38N4O3. The average Bonchev–Trinajstić information content (AvgIpc) is 2.91. The number of hydrogen-bond donors (Lipinski definition) is 2. The summed E-state index contributed by atoms with van der Waals surface area (Å²) < 4.78 is 5.41. The van der Waals surface area contributed by atoms with Crippen LogP contribution in [0.2, 0.25) is 0 Å². The van der Waals surface area contributed by atoms with Crippen molar-refractivity contribution in [2.45, 2.75) is 26.2 Å². The lowest BCUT2D eigenvalue weighted by Crippen LogP contribution is -2.38. The third-order valence-corrected chi connectivity index (χ3v) is 6.90. The molecule has 2 saturated heterocycles. The zero-order valence-corrected chi connectivity index (χ0v) is 21.2. The predicted octanol–water partition coefficient (Wildman–Crippen LogP) is 4.03. The second-order valence-corrected chi connectivity index (χ2v) is 9.70. The quantitative estimate of drug-likeness (QED) is 0.410. The van der Waals surface area contributed by atoms with Crippen molar-refractivity contribution in [3.8, 4) is 0 Å². The van der Waals surface area contributed by atoms with Crippen LogP contribution in [-0.4, -0.2) is 69.2 Å². The molecule has 0 radical (unpaired) electrons. The van der Waals surface area contributed by atoms with Gasteiger partial charge in [0.25, 0.3) is 5.91 Å². The zero-order chi connectivity index (χ0) is 25.2. The van der Waals surface area contributed by atoms with E-state index < -0.39 is 0 Å². The lowest BCUT2D eigenvalue weighted by atomic mass is 9.97. The van der Waals surface area contributed by atoms with E-state index in [2.05, 4.69) is 27.4 Å². The highest BCUT2D eigenvalue weighted by molar-refractivity contribution is 6.05. The maximum atomic E-state index is 13.3. The molecule has 7 heteroatoms. The third-order valence-electron chi connectivity index (χ3n) is 6.90. The van der Waals surface area contributed by atoms with E-state index in [1.807, 2.05) is 42.5 Å². The Labute approximate surface area is 214 Å². The van der Waals surface area contributed by atoms with Gasteiger partial charge in [0.1, 0.15) is 0 Å². The van der Waals surface area contributed by atoms with Gasteiger partial charge in [-0.2, -0.15) is 0 Å². The molecule has 2 aliphatic rings. The number of benzene rings is 2. The second kappa shape index (κ2) is 13.2. The molecule has 2 aromatic carbocycles. The lowest BCUT2D eigenvalue weighted by Gasteiger charge is -2.33. The first-order valence-electron chi connectivity index (χ1n) is 13.1. The molecule has 0 saturated carbocycles. The molecule has 2 heterocycles. The first-order chi connectivity index (χ1) is 17.6. The van der Waals surface area contributed by atoms with E-state index in [0.29, 0.717) is 23.7 Å². The highest BCUT2D eigenvalue weighted by Gasteiger charge is 2.22. The summed E-state index contributed by atoms with van der Waals surface area (Å²) >= 11 is 0. The highest BCUT2D eigenvalue weighted by Crippen LogP contribution is 2.29. The number of piperidine rings is 1. The van der Waals surface area contributed by atoms with Crippen molar-refractivity contribution in [3.05, 3.63) is 65.7 Å². The normalized spacial score (nSPS) is 17.3. The van der Waals surface area contributed by atoms with Crippen LogP contribution >= 0.6 is 0 Å². The molecule has 4 rings (SSSR count). The van der Waals surface area contributed by atoms with Gasteiger partial charge in [-0.3, -0.25) is 14.5 Å². The summed E-state index contributed by atoms with van der Waals surface area (Å²) in [6.07, 6.45) is 6.41. The number of rotatable bonds is 9. The topological polar surface area (TPSA) is 73.9 Å². The van der Waals surface area contributed by atoms with Gasteiger partial charge < -0.3 is 20.3 Å². The number of anilines is 2. The Morgan fingerprint density at radius 3 is 2.53 bits per heavy atom. The van der Waals surface area contributed by atoms with Crippen molar-refractivity contribution < 1.29 is 14.3 Å². The molecule has 0 aromatic heterocycles. The summed E-state index contributed by atoms with van der Waals surface area (Å²) in [5, 5.41) is 6.02. The van der Waals surface area contributed by atoms with Gasteiger partial charge >= 0.3 is 0 Å². The first kappa shape index (κ1) is 25.9. The molecule has 2 aliphatic heterocycles. The third kappa shape index (κ3) is 7.67. The average molecular weight is 491 g/mol. The number of amides is 2. The molecule has 2 aromatic rings. The minimum atomic E-state index is -0.227. The largest absolute Gasteiger partial charge is 0.379 e. The van der Waals surface area contributed by atoms with Gasteiger partial charge in [-0.15, -0.1) is 0 Å². The Hall–Kier alpha value is -3.16. The van der Waals surface area contributed by atoms with Gasteiger partial charge in [0.15, 0.2) is 0 Å². The Balaban J connectivity index is 1.41. The van der Waals surface area contributed by atoms with Gasteiger partial charge in [0.05, 0.1) is 18.8 Å². The standard InChI is InChI=1S/C29H38N4O3/c1-23-12-16-33(17-13-23)27-10-9-25(31-28(34)11-8-24-6-3-2-4-7-24)22-26(27)29(35)30-14-5-15-32-18-20-36-21-19-32/h2-4,6-11,22-23H,5,12-21H2,1H3,(H,30,35)(H,31,34)/b11-8+. The summed E-state index contributed by atoms with van der Waals surface area (Å²) in [7, 11) is 0. The van der Waals surface area contributed by atoms with E-state index >= 15 is 0 Å². The van der Waals surface area contributed by atoms with Gasteiger partial charge in [0, 0.05) is 50.2 Å². The molecule has 2 amide bonds. The summed E-state index contributed by atoms with van der Waals surface area (Å²) in [5.74, 6) is 0.380. The lowest BCUT2D eigenvalue weighted by molar-refractivity contribution is -0.111. The van der Waals surface area contributed by atoms with E-state index in [4.69, 9.17) is 4.74 Å². The fourth-order valence-electron chi connectivity index (χ4n) is 4.67. The monoisotopic (exact) mass is 490 g/mol. The first-order valence-corrected chi connectivity index (χ1v) is 13.1. The smallest absolute Gasteiger partial charge is 0.253 e. The number of carbonyl (C=O) groups is 2. The Kier molecular flexibility index (Phi) is 9.53. The van der Waals surface area contributed by atoms with Crippen molar-refractivity contribution in [1.29, 1.82) is 0 Å². The van der Waals surface area contributed by atoms with Crippen LogP contribution < -0.4 is 15.5 Å². The molecule has 0 atom stereocenters. The summed E-state index contributed by atoms with van der Waals surface area (Å²) in [4.78, 5) is 30.5. The molecule has 0 unspecified atom stereocenters. The van der Waals surface area contributed by atoms with Crippen LogP contribution in [0.25, 0.3) is 6.08 Å². The van der Waals surface area contributed by atoms with Crippen LogP contribution in [0.4, 0.5) is 11.4 Å². The molecule has 192 valence electrons. The molecule has 7 nitrogen and oxygen atoms in total. The van der Waals surface area contributed by atoms with Crippen LogP contribution in [-0.2, 0) is 9.53 Å². The van der Waals surface area contributed by atoms with Gasteiger partial charge in [-0.1, -0.05) is 37.3 Å². The second-order valence-electron chi connectivity index (χ2n) is 9.70. The molecule has 0 aliphatic carbocycles. The minimum Gasteiger partial charge on any atom is -0.379 e. The summed E-state index contributed by atoms with van der Waals surface area (Å²) in [6, 6.07) is 15.4. The predicted molar refractivity (Wildman–Crippen MR) is 145 cm³/mol. The van der Waals surface area contributed by atoms with E-state index in [-0.39, 0.29) is 11.8 Å². The van der Waals surface area contributed by atoms with Crippen LogP contribution in [0.15, 0.2) is 54.6 Å². The number of morpholine rings is 1. The van der Waals surface area contributed by atoms with Crippen molar-refractivity contribution in [3.63, 3.8) is 0 Å². The van der Waals surface area contributed by atoms with E-state index in [1.54, 1.807) is 12.1 Å². The Morgan fingerprint density at radius 2 is 1.78 bits per heavy atom. The molecule has 36 heavy (non-hydrogen) atoms. The molecule has 2 N–H and O–H groups in total. The molecule has 0 spiro atoms. The van der Waals surface area contributed by atoms with E-state index in [9.17, 15) is 9.59 Å². The van der Waals surface area contributed by atoms with Crippen molar-refractivity contribution in [2.24, 2.45) is 5.92 Å². The molecule has 2 fully saturated rings. The Morgan fingerprint density at radius 1 is 1.03 bits per heavy atom. The number of hydrogen-bond acceptors (Lipinski definition) is 5. The van der Waals surface area contributed by atoms with Gasteiger partial charge in [-0.05, 0) is 61.6 Å². The summed E-state index contributed by atoms with van der Waals surface area (Å²) in [5.41, 5.74) is 3.12. The maximum Gasteiger partial charge on any atom is 0.253 e. The number of carbonyl (C=O) groups excluding carboxylic acids is 2. The maximum absolute atomic E-state index is 13.3. The number of nitrogens with zero attached hydrogens (tertiary/aromatic N) is 2. The summed E-state index contributed by atoms with van der Waals surface area (Å²) in [6.45, 7) is 9.17. The SMILES string of the molecule is CC1CCN(c2ccc(NC(=O)/C=C/c3ccccc3)cc2C(=O)NCCCN2CCOCC2)CC1. The van der Waals surface area contributed by atoms with Gasteiger partial charge in [0.2, 0.25) is 5.91 Å². The van der Waals surface area contributed by atoms with Crippen LogP contribution in [0, 0.1) is 5.92 Å². The Bertz CT molecular complexity index is 1030. The van der Waals surface area contributed by atoms with Crippen molar-refractivity contribution in [1.82, 2.24) is 10.2 Å².